The molecule has 8 rings (SSSR count). The van der Waals surface area contributed by atoms with E-state index in [1.54, 1.807) is 4.98 Å². The van der Waals surface area contributed by atoms with Gasteiger partial charge >= 0.3 is 28.4 Å². The Bertz CT molecular complexity index is 3850. The monoisotopic (exact) mass is 1290 g/mol. The van der Waals surface area contributed by atoms with Crippen molar-refractivity contribution in [2.24, 2.45) is 0 Å². The molecule has 492 valence electrons. The summed E-state index contributed by atoms with van der Waals surface area (Å²) in [5.74, 6) is 14.8. The summed E-state index contributed by atoms with van der Waals surface area (Å²) < 4.78 is 86.4. The van der Waals surface area contributed by atoms with Crippen molar-refractivity contribution in [2.75, 3.05) is 26.7 Å². The van der Waals surface area contributed by atoms with Crippen molar-refractivity contribution in [3.63, 3.8) is 0 Å². The molecule has 4 fully saturated rings. The maximum absolute atomic E-state index is 13.4. The standard InChI is InChI=1S/C14H17FN2O6.C13H14F2N2O6.2C12H14FN3O6/c1-7-6-9(19)16-13(21)17(7)12-14(22,4-3-5-15)11(20)10(23-12)8(2)18;1-6(18)8-9(19)13(22,3-2-4-14)11(23-8)17-5-7(15)10(20)16-12(17)21;1-6(17)7-8(18)12(21,3-2-4-13)9(22-7)16-5-14-10(19)15-11(16)20;1-6(17)8-9(19)12(21,3-2-4-13)10(22-8)16-11(20)15-7(18)5-14-16/h6,8,10-12,18,20,22H,5H2,1-2H3,(H,16,19,21);5-6,8-9,11,18-19,22H,4H2,1H3,(H,16,20,21);5-9,17-18,21H,4H2,1H3,(H,15,19,20);5-6,8-10,17,19,21H,4H2,1H3,(H,15,18,20)/t8-,10+,11-,12+,14?;6-,8+,9-,11+,13?;6-,7+,8-,9+,12?;6-,8+,9-,10+,12?/m0000/s1. The molecule has 0 bridgehead atoms. The van der Waals surface area contributed by atoms with E-state index in [1.165, 1.54) is 34.6 Å². The molecular formula is C51H59F5N10O24. The molecule has 4 aliphatic heterocycles. The first-order chi connectivity index (χ1) is 42.1. The number of nitrogens with one attached hydrogen (secondary N) is 4. The fourth-order valence-corrected chi connectivity index (χ4v) is 9.30. The predicted molar refractivity (Wildman–Crippen MR) is 287 cm³/mol. The highest BCUT2D eigenvalue weighted by Crippen LogP contribution is 2.42. The van der Waals surface area contributed by atoms with Gasteiger partial charge in [0.25, 0.3) is 16.7 Å². The first-order valence-electron chi connectivity index (χ1n) is 25.9. The number of rotatable bonds is 8. The summed E-state index contributed by atoms with van der Waals surface area (Å²) in [7, 11) is 0. The molecule has 4 unspecified atom stereocenters. The van der Waals surface area contributed by atoms with Gasteiger partial charge in [-0.3, -0.25) is 48.0 Å². The van der Waals surface area contributed by atoms with Crippen LogP contribution in [0.25, 0.3) is 0 Å². The van der Waals surface area contributed by atoms with Crippen molar-refractivity contribution in [2.45, 2.75) is 155 Å². The Kier molecular flexibility index (Phi) is 23.9. The molecule has 4 aliphatic rings. The molecule has 0 aliphatic carbocycles. The summed E-state index contributed by atoms with van der Waals surface area (Å²) in [5.41, 5.74) is -17.1. The van der Waals surface area contributed by atoms with Crippen molar-refractivity contribution in [3.05, 3.63) is 120 Å². The third-order valence-electron chi connectivity index (χ3n) is 13.6. The molecule has 90 heavy (non-hydrogen) atoms. The zero-order valence-electron chi connectivity index (χ0n) is 47.2. The van der Waals surface area contributed by atoms with Crippen molar-refractivity contribution < 1.29 is 102 Å². The number of aliphatic hydroxyl groups excluding tert-OH is 8. The number of aromatic amines is 4. The molecular weight excluding hydrogens is 1230 g/mol. The average molecular weight is 1290 g/mol. The Labute approximate surface area is 498 Å². The lowest BCUT2D eigenvalue weighted by atomic mass is 9.92. The molecule has 20 atom stereocenters. The van der Waals surface area contributed by atoms with E-state index in [1.807, 2.05) is 44.6 Å². The number of halogens is 5. The smallest absolute Gasteiger partial charge is 0.350 e. The summed E-state index contributed by atoms with van der Waals surface area (Å²) in [4.78, 5) is 102. The van der Waals surface area contributed by atoms with Gasteiger partial charge in [-0.05, 0) is 34.6 Å². The molecule has 8 heterocycles. The maximum atomic E-state index is 13.4. The van der Waals surface area contributed by atoms with Crippen LogP contribution in [-0.2, 0) is 18.9 Å². The number of ether oxygens (including phenoxy) is 4. The van der Waals surface area contributed by atoms with Gasteiger partial charge in [0, 0.05) is 11.8 Å². The number of aryl methyl sites for hydroxylation is 1. The number of nitrogens with zero attached hydrogens (tertiary/aromatic N) is 6. The van der Waals surface area contributed by atoms with E-state index in [0.717, 1.165) is 23.2 Å². The summed E-state index contributed by atoms with van der Waals surface area (Å²) in [6.07, 6.45) is -21.5. The lowest BCUT2D eigenvalue weighted by molar-refractivity contribution is -0.0947. The van der Waals surface area contributed by atoms with Gasteiger partial charge in [0.15, 0.2) is 41.7 Å². The van der Waals surface area contributed by atoms with Gasteiger partial charge in [-0.2, -0.15) is 19.2 Å². The minimum Gasteiger partial charge on any atom is -0.391 e. The molecule has 34 nitrogen and oxygen atoms in total. The van der Waals surface area contributed by atoms with E-state index < -0.39 is 198 Å². The van der Waals surface area contributed by atoms with Gasteiger partial charge in [0.05, 0.1) is 30.6 Å². The van der Waals surface area contributed by atoms with Gasteiger partial charge in [-0.1, -0.05) is 47.4 Å². The van der Waals surface area contributed by atoms with Crippen molar-refractivity contribution in [3.8, 4) is 47.4 Å². The van der Waals surface area contributed by atoms with E-state index in [4.69, 9.17) is 18.9 Å². The maximum Gasteiger partial charge on any atom is 0.350 e. The van der Waals surface area contributed by atoms with Crippen molar-refractivity contribution in [1.29, 1.82) is 0 Å². The largest absolute Gasteiger partial charge is 0.391 e. The predicted octanol–water partition coefficient (Wildman–Crippen LogP) is -9.24. The van der Waals surface area contributed by atoms with Crippen LogP contribution >= 0.6 is 0 Å². The number of hydrogen-bond acceptors (Lipinski definition) is 26. The fraction of sp³-hybridized carbons (Fsp3) is 0.569. The van der Waals surface area contributed by atoms with Crippen LogP contribution in [0.15, 0.2) is 63.1 Å². The van der Waals surface area contributed by atoms with E-state index in [-0.39, 0.29) is 5.69 Å². The van der Waals surface area contributed by atoms with Gasteiger partial charge in [-0.15, -0.1) is 0 Å². The van der Waals surface area contributed by atoms with Crippen LogP contribution in [0.4, 0.5) is 22.0 Å². The van der Waals surface area contributed by atoms with E-state index >= 15 is 0 Å². The number of H-pyrrole nitrogens is 4. The van der Waals surface area contributed by atoms with Crippen LogP contribution in [0.2, 0.25) is 0 Å². The van der Waals surface area contributed by atoms with E-state index in [9.17, 15) is 122 Å². The van der Waals surface area contributed by atoms with Gasteiger partial charge in [0.2, 0.25) is 11.4 Å². The second kappa shape index (κ2) is 29.6. The molecule has 4 aromatic rings. The third kappa shape index (κ3) is 15.0. The molecule has 0 spiro atoms. The Morgan fingerprint density at radius 2 is 0.900 bits per heavy atom. The average Bonchev–Trinajstić information content (AvgIpc) is 1.62. The van der Waals surface area contributed by atoms with E-state index in [2.05, 4.69) is 27.8 Å². The van der Waals surface area contributed by atoms with Crippen LogP contribution in [0.3, 0.4) is 0 Å². The van der Waals surface area contributed by atoms with Crippen LogP contribution < -0.4 is 45.1 Å². The number of alkyl halides is 4. The zero-order chi connectivity index (χ0) is 67.7. The molecule has 39 heteroatoms. The topological polar surface area (TPSA) is 525 Å². The number of aromatic nitrogens is 10. The molecule has 4 aromatic heterocycles. The van der Waals surface area contributed by atoms with Crippen LogP contribution in [0.5, 0.6) is 0 Å². The molecule has 0 aromatic carbocycles. The molecule has 0 amide bonds. The second-order valence-electron chi connectivity index (χ2n) is 20.0. The Hall–Kier alpha value is -8.17. The van der Waals surface area contributed by atoms with E-state index in [0.29, 0.717) is 20.0 Å². The van der Waals surface area contributed by atoms with Gasteiger partial charge < -0.3 is 80.2 Å². The minimum absolute atomic E-state index is 0.141. The van der Waals surface area contributed by atoms with Crippen molar-refractivity contribution >= 4 is 0 Å². The fourth-order valence-electron chi connectivity index (χ4n) is 9.30. The van der Waals surface area contributed by atoms with Crippen LogP contribution in [0.1, 0.15) is 58.3 Å². The highest BCUT2D eigenvalue weighted by Gasteiger charge is 2.61. The minimum atomic E-state index is -2.50. The Morgan fingerprint density at radius 1 is 0.533 bits per heavy atom. The lowest BCUT2D eigenvalue weighted by Crippen LogP contribution is -2.49. The highest BCUT2D eigenvalue weighted by molar-refractivity contribution is 5.27. The summed E-state index contributed by atoms with van der Waals surface area (Å²) in [5, 5.41) is 125. The quantitative estimate of drug-likeness (QED) is 0.0575. The summed E-state index contributed by atoms with van der Waals surface area (Å²) >= 11 is 0. The van der Waals surface area contributed by atoms with Crippen LogP contribution in [0, 0.1) is 60.1 Å². The Morgan fingerprint density at radius 3 is 1.29 bits per heavy atom. The van der Waals surface area contributed by atoms with Gasteiger partial charge in [0.1, 0.15) is 88.1 Å². The molecule has 4 saturated heterocycles. The first-order valence-corrected chi connectivity index (χ1v) is 25.9. The van der Waals surface area contributed by atoms with Crippen LogP contribution in [-0.4, -0.2) is 232 Å². The lowest BCUT2D eigenvalue weighted by Gasteiger charge is -2.27. The second-order valence-corrected chi connectivity index (χ2v) is 20.0. The van der Waals surface area contributed by atoms with Gasteiger partial charge in [-0.25, -0.2) is 41.5 Å². The Balaban J connectivity index is 0.000000218. The highest BCUT2D eigenvalue weighted by atomic mass is 19.1. The number of hydrogen-bond donors (Lipinski definition) is 16. The normalized spacial score (nSPS) is 31.9. The van der Waals surface area contributed by atoms with Crippen molar-refractivity contribution in [1.82, 2.24) is 48.4 Å². The molecule has 16 N–H and O–H groups in total. The molecule has 0 radical (unpaired) electrons. The molecule has 0 saturated carbocycles. The SMILES string of the molecule is C[C@H](O)[C@H]1O[C@@H](n2cc(F)c(=O)[nH]c2=O)C(O)(C#CCF)[C@H]1O.C[C@H](O)[C@H]1O[C@@H](n2cnc(=O)[nH]c2=O)C(O)(C#CCF)[C@H]1O.C[C@H](O)[C@H]1O[C@@H](n2ncc(=O)[nH]c2=O)C(O)(C#CCF)[C@H]1O.Cc1cc(=O)[nH]c(=O)n1[C@@H]1O[C@H]([C@H](C)O)[C@H](O)C1(O)C#CCF. The summed E-state index contributed by atoms with van der Waals surface area (Å²) in [6, 6.07) is 1.09. The summed E-state index contributed by atoms with van der Waals surface area (Å²) in [6.45, 7) is 2.14. The first kappa shape index (κ1) is 72.6. The third-order valence-corrected chi connectivity index (χ3v) is 13.6. The number of aliphatic hydroxyl groups is 12. The zero-order valence-corrected chi connectivity index (χ0v) is 47.2.